The van der Waals surface area contributed by atoms with E-state index in [0.29, 0.717) is 12.0 Å². The van der Waals surface area contributed by atoms with Gasteiger partial charge in [0, 0.05) is 12.0 Å². The molecule has 2 rings (SSSR count). The average molecular weight is 272 g/mol. The van der Waals surface area contributed by atoms with Crippen molar-refractivity contribution in [3.05, 3.63) is 53.6 Å². The molecule has 2 aromatic rings. The zero-order valence-corrected chi connectivity index (χ0v) is 11.2. The largest absolute Gasteiger partial charge is 0.508 e. The lowest BCUT2D eigenvalue weighted by molar-refractivity contribution is 0.0982. The molecular weight excluding hydrogens is 256 g/mol. The van der Waals surface area contributed by atoms with Gasteiger partial charge in [-0.25, -0.2) is 0 Å². The molecule has 0 atom stereocenters. The van der Waals surface area contributed by atoms with Crippen LogP contribution in [-0.4, -0.2) is 23.1 Å². The maximum atomic E-state index is 12.1. The van der Waals surface area contributed by atoms with E-state index in [0.717, 1.165) is 5.56 Å². The number of phenols is 2. The highest BCUT2D eigenvalue weighted by Gasteiger charge is 2.11. The molecule has 0 aromatic heterocycles. The molecule has 0 saturated heterocycles. The van der Waals surface area contributed by atoms with Crippen LogP contribution in [-0.2, 0) is 6.42 Å². The first-order valence-corrected chi connectivity index (χ1v) is 6.29. The standard InChI is InChI=1S/C16H16O4/c1-20-16-10-12(7-9-15(16)19)14(18)8-6-11-4-2-3-5-13(11)17/h2-5,7,9-10,17,19H,6,8H2,1H3. The highest BCUT2D eigenvalue weighted by atomic mass is 16.5. The Morgan fingerprint density at radius 1 is 1.10 bits per heavy atom. The molecule has 2 N–H and O–H groups in total. The van der Waals surface area contributed by atoms with Gasteiger partial charge >= 0.3 is 0 Å². The van der Waals surface area contributed by atoms with Gasteiger partial charge < -0.3 is 14.9 Å². The van der Waals surface area contributed by atoms with Gasteiger partial charge in [0.2, 0.25) is 0 Å². The van der Waals surface area contributed by atoms with Crippen LogP contribution in [0.2, 0.25) is 0 Å². The van der Waals surface area contributed by atoms with Crippen LogP contribution in [0.1, 0.15) is 22.3 Å². The van der Waals surface area contributed by atoms with Crippen LogP contribution in [0.15, 0.2) is 42.5 Å². The number of aromatic hydroxyl groups is 2. The molecule has 0 aliphatic heterocycles. The Morgan fingerprint density at radius 3 is 2.55 bits per heavy atom. The number of rotatable bonds is 5. The van der Waals surface area contributed by atoms with Crippen molar-refractivity contribution < 1.29 is 19.7 Å². The summed E-state index contributed by atoms with van der Waals surface area (Å²) in [6.45, 7) is 0. The molecule has 0 unspecified atom stereocenters. The van der Waals surface area contributed by atoms with Crippen LogP contribution in [0.3, 0.4) is 0 Å². The van der Waals surface area contributed by atoms with Gasteiger partial charge in [0.1, 0.15) is 5.75 Å². The van der Waals surface area contributed by atoms with Crippen LogP contribution in [0.5, 0.6) is 17.2 Å². The molecule has 0 amide bonds. The summed E-state index contributed by atoms with van der Waals surface area (Å²) in [5, 5.41) is 19.1. The van der Waals surface area contributed by atoms with Crippen LogP contribution >= 0.6 is 0 Å². The number of para-hydroxylation sites is 1. The van der Waals surface area contributed by atoms with Crippen LogP contribution in [0.25, 0.3) is 0 Å². The summed E-state index contributed by atoms with van der Waals surface area (Å²) in [4.78, 5) is 12.1. The Balaban J connectivity index is 2.07. The molecule has 20 heavy (non-hydrogen) atoms. The molecule has 0 aliphatic carbocycles. The van der Waals surface area contributed by atoms with Crippen molar-refractivity contribution in [2.45, 2.75) is 12.8 Å². The van der Waals surface area contributed by atoms with Crippen molar-refractivity contribution in [2.75, 3.05) is 7.11 Å². The van der Waals surface area contributed by atoms with Crippen molar-refractivity contribution in [2.24, 2.45) is 0 Å². The zero-order chi connectivity index (χ0) is 14.5. The van der Waals surface area contributed by atoms with E-state index < -0.39 is 0 Å². The number of phenolic OH excluding ortho intramolecular Hbond substituents is 2. The first-order chi connectivity index (χ1) is 9.61. The number of ketones is 1. The quantitative estimate of drug-likeness (QED) is 0.821. The fourth-order valence-electron chi connectivity index (χ4n) is 1.97. The number of aryl methyl sites for hydroxylation is 1. The SMILES string of the molecule is COc1cc(C(=O)CCc2ccccc2O)ccc1O. The lowest BCUT2D eigenvalue weighted by atomic mass is 10.0. The predicted molar refractivity (Wildman–Crippen MR) is 75.4 cm³/mol. The van der Waals surface area contributed by atoms with E-state index in [9.17, 15) is 15.0 Å². The minimum absolute atomic E-state index is 0.00440. The Hall–Kier alpha value is -2.49. The molecular formula is C16H16O4. The highest BCUT2D eigenvalue weighted by Crippen LogP contribution is 2.27. The van der Waals surface area contributed by atoms with Gasteiger partial charge in [-0.05, 0) is 36.2 Å². The molecule has 0 spiro atoms. The van der Waals surface area contributed by atoms with Crippen LogP contribution in [0, 0.1) is 0 Å². The first kappa shape index (κ1) is 13.9. The van der Waals surface area contributed by atoms with Gasteiger partial charge in [-0.3, -0.25) is 4.79 Å². The fourth-order valence-corrected chi connectivity index (χ4v) is 1.97. The molecule has 0 saturated carbocycles. The second-order valence-corrected chi connectivity index (χ2v) is 4.44. The second kappa shape index (κ2) is 6.10. The van der Waals surface area contributed by atoms with Gasteiger partial charge in [0.15, 0.2) is 17.3 Å². The lowest BCUT2D eigenvalue weighted by Crippen LogP contribution is -2.02. The number of Topliss-reactive ketones (excluding diaryl/α,β-unsaturated/α-hetero) is 1. The van der Waals surface area contributed by atoms with E-state index in [1.54, 1.807) is 24.3 Å². The Morgan fingerprint density at radius 2 is 1.85 bits per heavy atom. The van der Waals surface area contributed by atoms with Crippen LogP contribution < -0.4 is 4.74 Å². The van der Waals surface area contributed by atoms with Gasteiger partial charge in [-0.1, -0.05) is 18.2 Å². The number of methoxy groups -OCH3 is 1. The Labute approximate surface area is 117 Å². The Bertz CT molecular complexity index is 620. The van der Waals surface area contributed by atoms with Crippen molar-refractivity contribution in [3.63, 3.8) is 0 Å². The minimum atomic E-state index is -0.0634. The third-order valence-corrected chi connectivity index (χ3v) is 3.11. The van der Waals surface area contributed by atoms with Crippen molar-refractivity contribution in [1.82, 2.24) is 0 Å². The molecule has 0 radical (unpaired) electrons. The van der Waals surface area contributed by atoms with E-state index in [4.69, 9.17) is 4.74 Å². The molecule has 0 aliphatic rings. The van der Waals surface area contributed by atoms with Gasteiger partial charge in [-0.15, -0.1) is 0 Å². The summed E-state index contributed by atoms with van der Waals surface area (Å²) < 4.78 is 4.98. The van der Waals surface area contributed by atoms with E-state index in [1.807, 2.05) is 6.07 Å². The van der Waals surface area contributed by atoms with Crippen molar-refractivity contribution >= 4 is 5.78 Å². The summed E-state index contributed by atoms with van der Waals surface area (Å²) in [5.41, 5.74) is 1.22. The van der Waals surface area contributed by atoms with E-state index in [2.05, 4.69) is 0 Å². The third kappa shape index (κ3) is 3.09. The van der Waals surface area contributed by atoms with Crippen LogP contribution in [0.4, 0.5) is 0 Å². The normalized spacial score (nSPS) is 10.2. The smallest absolute Gasteiger partial charge is 0.163 e. The highest BCUT2D eigenvalue weighted by molar-refractivity contribution is 5.96. The van der Waals surface area contributed by atoms with E-state index in [-0.39, 0.29) is 29.5 Å². The topological polar surface area (TPSA) is 66.8 Å². The average Bonchev–Trinajstić information content (AvgIpc) is 2.46. The van der Waals surface area contributed by atoms with Crippen molar-refractivity contribution in [1.29, 1.82) is 0 Å². The number of ether oxygens (including phenoxy) is 1. The maximum absolute atomic E-state index is 12.1. The molecule has 4 heteroatoms. The molecule has 0 fully saturated rings. The summed E-state index contributed by atoms with van der Waals surface area (Å²) in [7, 11) is 1.44. The van der Waals surface area contributed by atoms with Gasteiger partial charge in [0.25, 0.3) is 0 Å². The monoisotopic (exact) mass is 272 g/mol. The molecule has 0 bridgehead atoms. The number of carbonyl (C=O) groups is 1. The predicted octanol–water partition coefficient (Wildman–Crippen LogP) is 2.92. The van der Waals surface area contributed by atoms with E-state index >= 15 is 0 Å². The summed E-state index contributed by atoms with van der Waals surface area (Å²) in [6.07, 6.45) is 0.750. The molecule has 0 heterocycles. The fraction of sp³-hybridized carbons (Fsp3) is 0.188. The minimum Gasteiger partial charge on any atom is -0.508 e. The molecule has 4 nitrogen and oxygen atoms in total. The van der Waals surface area contributed by atoms with Crippen molar-refractivity contribution in [3.8, 4) is 17.2 Å². The third-order valence-electron chi connectivity index (χ3n) is 3.11. The second-order valence-electron chi connectivity index (χ2n) is 4.44. The summed E-state index contributed by atoms with van der Waals surface area (Å²) in [6, 6.07) is 11.5. The van der Waals surface area contributed by atoms with E-state index in [1.165, 1.54) is 19.2 Å². The maximum Gasteiger partial charge on any atom is 0.163 e. The number of hydrogen-bond acceptors (Lipinski definition) is 4. The first-order valence-electron chi connectivity index (χ1n) is 6.29. The van der Waals surface area contributed by atoms with Gasteiger partial charge in [-0.2, -0.15) is 0 Å². The lowest BCUT2D eigenvalue weighted by Gasteiger charge is -2.07. The van der Waals surface area contributed by atoms with Gasteiger partial charge in [0.05, 0.1) is 7.11 Å². The number of carbonyl (C=O) groups excluding carboxylic acids is 1. The molecule has 2 aromatic carbocycles. The summed E-state index contributed by atoms with van der Waals surface area (Å²) in [5.74, 6) is 0.415. The zero-order valence-electron chi connectivity index (χ0n) is 11.2. The number of benzene rings is 2. The Kier molecular flexibility index (Phi) is 4.25. The summed E-state index contributed by atoms with van der Waals surface area (Å²) >= 11 is 0. The number of hydrogen-bond donors (Lipinski definition) is 2. The molecule has 104 valence electrons.